The van der Waals surface area contributed by atoms with Crippen LogP contribution in [0.1, 0.15) is 19.8 Å². The van der Waals surface area contributed by atoms with Gasteiger partial charge in [-0.2, -0.15) is 0 Å². The zero-order chi connectivity index (χ0) is 14.2. The highest BCUT2D eigenvalue weighted by Gasteiger charge is 2.15. The Morgan fingerprint density at radius 1 is 1.30 bits per heavy atom. The van der Waals surface area contributed by atoms with Gasteiger partial charge in [-0.3, -0.25) is 0 Å². The molecule has 2 amide bonds. The lowest BCUT2D eigenvalue weighted by Crippen LogP contribution is -2.37. The summed E-state index contributed by atoms with van der Waals surface area (Å²) in [5, 5.41) is 5.80. The lowest BCUT2D eigenvalue weighted by atomic mass is 10.2. The molecule has 2 rings (SSSR count). The zero-order valence-corrected chi connectivity index (χ0v) is 12.0. The standard InChI is InChI=1S/C15H23N3O2/c1-2-3-8-16-15(19)17-13-6-4-5-7-14(13)18-9-11-20-12-10-18/h4-7H,2-3,8-12H2,1H3,(H2,16,17,19). The van der Waals surface area contributed by atoms with Gasteiger partial charge in [-0.25, -0.2) is 4.79 Å². The maximum absolute atomic E-state index is 11.9. The number of nitrogens with one attached hydrogen (secondary N) is 2. The third-order valence-electron chi connectivity index (χ3n) is 3.32. The van der Waals surface area contributed by atoms with Crippen molar-refractivity contribution in [3.63, 3.8) is 0 Å². The minimum absolute atomic E-state index is 0.140. The van der Waals surface area contributed by atoms with E-state index in [1.54, 1.807) is 0 Å². The minimum Gasteiger partial charge on any atom is -0.378 e. The van der Waals surface area contributed by atoms with Gasteiger partial charge in [0.1, 0.15) is 0 Å². The van der Waals surface area contributed by atoms with Gasteiger partial charge in [-0.05, 0) is 18.6 Å². The summed E-state index contributed by atoms with van der Waals surface area (Å²) >= 11 is 0. The van der Waals surface area contributed by atoms with Crippen molar-refractivity contribution in [1.29, 1.82) is 0 Å². The number of carbonyl (C=O) groups is 1. The second-order valence-electron chi connectivity index (χ2n) is 4.85. The second-order valence-corrected chi connectivity index (χ2v) is 4.85. The van der Waals surface area contributed by atoms with E-state index in [0.29, 0.717) is 6.54 Å². The van der Waals surface area contributed by atoms with Crippen molar-refractivity contribution in [2.75, 3.05) is 43.1 Å². The molecular formula is C15H23N3O2. The highest BCUT2D eigenvalue weighted by Crippen LogP contribution is 2.26. The number of para-hydroxylation sites is 2. The van der Waals surface area contributed by atoms with Crippen LogP contribution < -0.4 is 15.5 Å². The SMILES string of the molecule is CCCCNC(=O)Nc1ccccc1N1CCOCC1. The largest absolute Gasteiger partial charge is 0.378 e. The normalized spacial score (nSPS) is 14.9. The summed E-state index contributed by atoms with van der Waals surface area (Å²) in [6.45, 7) is 6.00. The molecule has 2 N–H and O–H groups in total. The number of nitrogens with zero attached hydrogens (tertiary/aromatic N) is 1. The van der Waals surface area contributed by atoms with Crippen molar-refractivity contribution >= 4 is 17.4 Å². The molecule has 5 nitrogen and oxygen atoms in total. The average Bonchev–Trinajstić information content (AvgIpc) is 2.49. The van der Waals surface area contributed by atoms with E-state index in [-0.39, 0.29) is 6.03 Å². The maximum atomic E-state index is 11.9. The van der Waals surface area contributed by atoms with Crippen molar-refractivity contribution < 1.29 is 9.53 Å². The summed E-state index contributed by atoms with van der Waals surface area (Å²) in [6, 6.07) is 7.76. The Morgan fingerprint density at radius 3 is 2.80 bits per heavy atom. The van der Waals surface area contributed by atoms with Crippen LogP contribution in [-0.4, -0.2) is 38.9 Å². The Morgan fingerprint density at radius 2 is 2.05 bits per heavy atom. The summed E-state index contributed by atoms with van der Waals surface area (Å²) in [6.07, 6.45) is 2.07. The Labute approximate surface area is 120 Å². The van der Waals surface area contributed by atoms with Crippen molar-refractivity contribution in [3.8, 4) is 0 Å². The van der Waals surface area contributed by atoms with E-state index in [1.807, 2.05) is 24.3 Å². The number of anilines is 2. The van der Waals surface area contributed by atoms with Gasteiger partial charge in [0.15, 0.2) is 0 Å². The first kappa shape index (κ1) is 14.7. The number of hydrogen-bond donors (Lipinski definition) is 2. The Hall–Kier alpha value is -1.75. The second kappa shape index (κ2) is 7.75. The predicted octanol–water partition coefficient (Wildman–Crippen LogP) is 2.44. The molecule has 1 saturated heterocycles. The summed E-state index contributed by atoms with van der Waals surface area (Å²) in [5.41, 5.74) is 1.91. The predicted molar refractivity (Wildman–Crippen MR) is 81.4 cm³/mol. The summed E-state index contributed by atoms with van der Waals surface area (Å²) in [7, 11) is 0. The number of unbranched alkanes of at least 4 members (excludes halogenated alkanes) is 1. The molecule has 1 heterocycles. The molecule has 0 aliphatic carbocycles. The lowest BCUT2D eigenvalue weighted by Gasteiger charge is -2.30. The fourth-order valence-corrected chi connectivity index (χ4v) is 2.20. The van der Waals surface area contributed by atoms with Gasteiger partial charge in [-0.15, -0.1) is 0 Å². The first-order valence-electron chi connectivity index (χ1n) is 7.28. The molecule has 0 atom stereocenters. The van der Waals surface area contributed by atoms with E-state index in [0.717, 1.165) is 50.5 Å². The molecule has 0 unspecified atom stereocenters. The molecule has 20 heavy (non-hydrogen) atoms. The molecule has 1 aliphatic heterocycles. The van der Waals surface area contributed by atoms with Gasteiger partial charge >= 0.3 is 6.03 Å². The number of hydrogen-bond acceptors (Lipinski definition) is 3. The van der Waals surface area contributed by atoms with Gasteiger partial charge in [0, 0.05) is 19.6 Å². The van der Waals surface area contributed by atoms with Crippen molar-refractivity contribution in [3.05, 3.63) is 24.3 Å². The molecule has 1 fully saturated rings. The Balaban J connectivity index is 1.98. The number of morpholine rings is 1. The first-order valence-corrected chi connectivity index (χ1v) is 7.28. The third-order valence-corrected chi connectivity index (χ3v) is 3.32. The van der Waals surface area contributed by atoms with Crippen molar-refractivity contribution in [2.45, 2.75) is 19.8 Å². The van der Waals surface area contributed by atoms with Crippen LogP contribution in [0.4, 0.5) is 16.2 Å². The number of rotatable bonds is 5. The fraction of sp³-hybridized carbons (Fsp3) is 0.533. The average molecular weight is 277 g/mol. The first-order chi connectivity index (χ1) is 9.81. The summed E-state index contributed by atoms with van der Waals surface area (Å²) in [4.78, 5) is 14.1. The molecular weight excluding hydrogens is 254 g/mol. The van der Waals surface area contributed by atoms with Crippen LogP contribution in [0.15, 0.2) is 24.3 Å². The van der Waals surface area contributed by atoms with Crippen LogP contribution in [0.2, 0.25) is 0 Å². The molecule has 0 bridgehead atoms. The Bertz CT molecular complexity index is 431. The summed E-state index contributed by atoms with van der Waals surface area (Å²) in [5.74, 6) is 0. The van der Waals surface area contributed by atoms with Gasteiger partial charge in [0.05, 0.1) is 24.6 Å². The zero-order valence-electron chi connectivity index (χ0n) is 12.0. The van der Waals surface area contributed by atoms with E-state index in [9.17, 15) is 4.79 Å². The number of benzene rings is 1. The van der Waals surface area contributed by atoms with E-state index in [2.05, 4.69) is 22.5 Å². The van der Waals surface area contributed by atoms with Crippen LogP contribution in [0.3, 0.4) is 0 Å². The topological polar surface area (TPSA) is 53.6 Å². The van der Waals surface area contributed by atoms with E-state index in [4.69, 9.17) is 4.74 Å². The van der Waals surface area contributed by atoms with Gasteiger partial charge in [-0.1, -0.05) is 25.5 Å². The number of carbonyl (C=O) groups excluding carboxylic acids is 1. The molecule has 110 valence electrons. The number of amides is 2. The molecule has 0 spiro atoms. The molecule has 0 saturated carbocycles. The molecule has 0 radical (unpaired) electrons. The van der Waals surface area contributed by atoms with Crippen LogP contribution in [0, 0.1) is 0 Å². The summed E-state index contributed by atoms with van der Waals surface area (Å²) < 4.78 is 5.37. The number of urea groups is 1. The van der Waals surface area contributed by atoms with Gasteiger partial charge in [0.25, 0.3) is 0 Å². The van der Waals surface area contributed by atoms with E-state index < -0.39 is 0 Å². The number of ether oxygens (including phenoxy) is 1. The molecule has 5 heteroatoms. The van der Waals surface area contributed by atoms with Crippen LogP contribution in [0.5, 0.6) is 0 Å². The van der Waals surface area contributed by atoms with Crippen molar-refractivity contribution in [1.82, 2.24) is 5.32 Å². The Kier molecular flexibility index (Phi) is 5.68. The smallest absolute Gasteiger partial charge is 0.319 e. The molecule has 1 aromatic rings. The third kappa shape index (κ3) is 4.13. The van der Waals surface area contributed by atoms with Gasteiger partial charge in [0.2, 0.25) is 0 Å². The minimum atomic E-state index is -0.140. The molecule has 0 aromatic heterocycles. The monoisotopic (exact) mass is 277 g/mol. The quantitative estimate of drug-likeness (QED) is 0.813. The van der Waals surface area contributed by atoms with E-state index in [1.165, 1.54) is 0 Å². The highest BCUT2D eigenvalue weighted by atomic mass is 16.5. The van der Waals surface area contributed by atoms with Crippen LogP contribution in [0.25, 0.3) is 0 Å². The molecule has 1 aromatic carbocycles. The van der Waals surface area contributed by atoms with Crippen molar-refractivity contribution in [2.24, 2.45) is 0 Å². The molecule has 1 aliphatic rings. The van der Waals surface area contributed by atoms with E-state index >= 15 is 0 Å². The maximum Gasteiger partial charge on any atom is 0.319 e. The fourth-order valence-electron chi connectivity index (χ4n) is 2.20. The van der Waals surface area contributed by atoms with Crippen LogP contribution in [-0.2, 0) is 4.74 Å². The highest BCUT2D eigenvalue weighted by molar-refractivity contribution is 5.93. The van der Waals surface area contributed by atoms with Crippen LogP contribution >= 0.6 is 0 Å². The van der Waals surface area contributed by atoms with Gasteiger partial charge < -0.3 is 20.3 Å². The lowest BCUT2D eigenvalue weighted by molar-refractivity contribution is 0.123.